The topological polar surface area (TPSA) is 148 Å². The van der Waals surface area contributed by atoms with E-state index in [0.717, 1.165) is 0 Å². The van der Waals surface area contributed by atoms with Gasteiger partial charge in [-0.15, -0.1) is 18.1 Å². The van der Waals surface area contributed by atoms with Gasteiger partial charge in [-0.3, -0.25) is 0 Å². The summed E-state index contributed by atoms with van der Waals surface area (Å²) in [7, 11) is -11.8. The monoisotopic (exact) mass is 809 g/mol. The molecule has 0 aromatic rings. The summed E-state index contributed by atoms with van der Waals surface area (Å²) in [5.41, 5.74) is 0. The Balaban J connectivity index is -0.0000000213. The third-order valence-corrected chi connectivity index (χ3v) is 2.25. The van der Waals surface area contributed by atoms with E-state index in [1.54, 1.807) is 0 Å². The molecule has 0 saturated heterocycles. The molecule has 0 atom stereocenters. The molecule has 0 aliphatic carbocycles. The van der Waals surface area contributed by atoms with Crippen molar-refractivity contribution in [2.75, 3.05) is 0 Å². The second-order valence-corrected chi connectivity index (χ2v) is 3.92. The first-order valence-electron chi connectivity index (χ1n) is 1.63. The van der Waals surface area contributed by atoms with Crippen molar-refractivity contribution in [1.82, 2.24) is 0 Å². The summed E-state index contributed by atoms with van der Waals surface area (Å²) in [6.45, 7) is 0. The van der Waals surface area contributed by atoms with Crippen molar-refractivity contribution in [2.45, 2.75) is 0 Å². The van der Waals surface area contributed by atoms with Gasteiger partial charge in [0.2, 0.25) is 0 Å². The molecule has 0 fully saturated rings. The Labute approximate surface area is 182 Å². The van der Waals surface area contributed by atoms with Gasteiger partial charge in [0.25, 0.3) is 0 Å². The first-order chi connectivity index (χ1) is 3.71. The molecule has 0 aliphatic heterocycles. The molecule has 15 heavy (non-hydrogen) atoms. The van der Waals surface area contributed by atoms with Crippen LogP contribution in [0.1, 0.15) is 0 Å². The molecule has 7 nitrogen and oxygen atoms in total. The van der Waals surface area contributed by atoms with Crippen LogP contribution in [0.3, 0.4) is 0 Å². The van der Waals surface area contributed by atoms with Crippen LogP contribution in [-0.2, 0) is 138 Å². The maximum atomic E-state index is 9.36. The SMILES string of the molecule is [Ag+].[Ag+].[Ag+].[Ag+].[Ag+].[Ag+].[O-][Si]([O-])([O-])O[Si]([O-])([O-])[O-]. The molecule has 0 rings (SSSR count). The first kappa shape index (κ1) is 42.7. The summed E-state index contributed by atoms with van der Waals surface area (Å²) in [4.78, 5) is 56.2. The van der Waals surface area contributed by atoms with Crippen molar-refractivity contribution in [1.29, 1.82) is 0 Å². The van der Waals surface area contributed by atoms with Crippen LogP contribution >= 0.6 is 0 Å². The van der Waals surface area contributed by atoms with Gasteiger partial charge in [0.05, 0.1) is 0 Å². The second kappa shape index (κ2) is 18.6. The maximum absolute atomic E-state index is 9.36. The third kappa shape index (κ3) is 45.6. The predicted molar refractivity (Wildman–Crippen MR) is 12.6 cm³/mol. The Morgan fingerprint density at radius 1 is 0.467 bits per heavy atom. The summed E-state index contributed by atoms with van der Waals surface area (Å²) in [5.74, 6) is 0. The average molecular weight is 815 g/mol. The predicted octanol–water partition coefficient (Wildman–Crippen LogP) is -7.98. The van der Waals surface area contributed by atoms with Crippen molar-refractivity contribution in [3.63, 3.8) is 0 Å². The summed E-state index contributed by atoms with van der Waals surface area (Å²) < 4.78 is 2.57. The molecule has 0 heterocycles. The molecule has 0 saturated carbocycles. The van der Waals surface area contributed by atoms with Crippen molar-refractivity contribution in [3.8, 4) is 0 Å². The summed E-state index contributed by atoms with van der Waals surface area (Å²) in [5, 5.41) is 0. The minimum absolute atomic E-state index is 0. The van der Waals surface area contributed by atoms with E-state index in [0.29, 0.717) is 0 Å². The van der Waals surface area contributed by atoms with Gasteiger partial charge in [-0.05, 0) is 0 Å². The Hall–Kier alpha value is 4.60. The molecule has 0 spiro atoms. The van der Waals surface area contributed by atoms with Gasteiger partial charge in [0, 0.05) is 0 Å². The molecule has 0 bridgehead atoms. The zero-order valence-corrected chi connectivity index (χ0v) is 16.6. The molecule has 0 unspecified atom stereocenters. The molecule has 0 amide bonds. The molecule has 0 aliphatic rings. The Kier molecular flexibility index (Phi) is 52.9. The Morgan fingerprint density at radius 3 is 0.600 bits per heavy atom. The average Bonchev–Trinajstić information content (AvgIpc) is 1.14. The zero-order valence-electron chi connectivity index (χ0n) is 5.67. The normalized spacial score (nSPS) is 8.40. The van der Waals surface area contributed by atoms with E-state index < -0.39 is 18.1 Å². The van der Waals surface area contributed by atoms with Crippen molar-refractivity contribution in [2.24, 2.45) is 0 Å². The van der Waals surface area contributed by atoms with Crippen LogP contribution in [0.25, 0.3) is 0 Å². The summed E-state index contributed by atoms with van der Waals surface area (Å²) >= 11 is 0. The molecule has 0 aromatic heterocycles. The van der Waals surface area contributed by atoms with E-state index in [1.165, 1.54) is 0 Å². The molecule has 0 aromatic carbocycles. The summed E-state index contributed by atoms with van der Waals surface area (Å²) in [6.07, 6.45) is 0. The van der Waals surface area contributed by atoms with Crippen LogP contribution in [0.15, 0.2) is 0 Å². The van der Waals surface area contributed by atoms with Crippen LogP contribution in [0.4, 0.5) is 0 Å². The van der Waals surface area contributed by atoms with Crippen molar-refractivity contribution < 1.29 is 167 Å². The minimum Gasteiger partial charge on any atom is -0.862 e. The molecule has 0 radical (unpaired) electrons. The van der Waals surface area contributed by atoms with Crippen molar-refractivity contribution in [3.05, 3.63) is 0 Å². The van der Waals surface area contributed by atoms with Crippen LogP contribution in [0.5, 0.6) is 0 Å². The van der Waals surface area contributed by atoms with Crippen LogP contribution in [0.2, 0.25) is 0 Å². The quantitative estimate of drug-likeness (QED) is 0.252. The minimum atomic E-state index is -5.92. The zero-order chi connectivity index (χ0) is 7.71. The Morgan fingerprint density at radius 2 is 0.600 bits per heavy atom. The standard InChI is InChI=1S/6Ag.O7Si2/c;;;;;;1-8(2,3)7-9(4,5)6/q6*+1;-6. The van der Waals surface area contributed by atoms with E-state index in [9.17, 15) is 28.8 Å². The van der Waals surface area contributed by atoms with E-state index in [-0.39, 0.29) is 134 Å². The fourth-order valence-corrected chi connectivity index (χ4v) is 1.38. The van der Waals surface area contributed by atoms with Gasteiger partial charge >= 0.3 is 134 Å². The third-order valence-electron chi connectivity index (χ3n) is 0.250. The smallest absolute Gasteiger partial charge is 0.862 e. The van der Waals surface area contributed by atoms with E-state index in [4.69, 9.17) is 0 Å². The van der Waals surface area contributed by atoms with Crippen LogP contribution in [0, 0.1) is 0 Å². The van der Waals surface area contributed by atoms with E-state index in [2.05, 4.69) is 4.12 Å². The van der Waals surface area contributed by atoms with Crippen molar-refractivity contribution >= 4 is 18.1 Å². The molecule has 15 heteroatoms. The maximum Gasteiger partial charge on any atom is 1.00 e. The number of hydrogen-bond donors (Lipinski definition) is 0. The van der Waals surface area contributed by atoms with Gasteiger partial charge in [-0.2, -0.15) is 0 Å². The van der Waals surface area contributed by atoms with E-state index >= 15 is 0 Å². The van der Waals surface area contributed by atoms with Gasteiger partial charge in [0.1, 0.15) is 0 Å². The van der Waals surface area contributed by atoms with E-state index in [1.807, 2.05) is 0 Å². The largest absolute Gasteiger partial charge is 1.00 e. The molecule has 0 N–H and O–H groups in total. The van der Waals surface area contributed by atoms with Gasteiger partial charge in [-0.25, -0.2) is 0 Å². The second-order valence-electron chi connectivity index (χ2n) is 1.10. The van der Waals surface area contributed by atoms with Crippen LogP contribution in [-0.4, -0.2) is 18.1 Å². The number of rotatable bonds is 2. The number of hydrogen-bond acceptors (Lipinski definition) is 7. The van der Waals surface area contributed by atoms with Gasteiger partial charge < -0.3 is 32.9 Å². The fourth-order valence-electron chi connectivity index (χ4n) is 0.153. The molecular weight excluding hydrogens is 815 g/mol. The first-order valence-corrected chi connectivity index (χ1v) is 4.90. The Bertz CT molecular complexity index is 86.6. The fraction of sp³-hybridized carbons (Fsp3) is 0. The summed E-state index contributed by atoms with van der Waals surface area (Å²) in [6, 6.07) is 0. The van der Waals surface area contributed by atoms with Gasteiger partial charge in [-0.1, -0.05) is 0 Å². The van der Waals surface area contributed by atoms with Gasteiger partial charge in [0.15, 0.2) is 0 Å². The molecule has 116 valence electrons. The molecular formula is Ag6O7Si2. The van der Waals surface area contributed by atoms with Crippen LogP contribution < -0.4 is 28.8 Å².